The summed E-state index contributed by atoms with van der Waals surface area (Å²) in [5.74, 6) is 0.195. The normalized spacial score (nSPS) is 18.2. The quantitative estimate of drug-likeness (QED) is 0.449. The summed E-state index contributed by atoms with van der Waals surface area (Å²) < 4.78 is 0. The zero-order valence-corrected chi connectivity index (χ0v) is 5.52. The molecule has 0 bridgehead atoms. The zero-order valence-electron chi connectivity index (χ0n) is 5.52. The van der Waals surface area contributed by atoms with E-state index in [0.717, 1.165) is 11.4 Å². The average Bonchev–Trinajstić information content (AvgIpc) is 1.80. The molecule has 0 saturated heterocycles. The molecule has 0 aromatic rings. The first-order valence-corrected chi connectivity index (χ1v) is 2.80. The van der Waals surface area contributed by atoms with Crippen LogP contribution in [0.4, 0.5) is 0 Å². The van der Waals surface area contributed by atoms with E-state index in [1.54, 1.807) is 13.1 Å². The molecule has 0 aliphatic carbocycles. The van der Waals surface area contributed by atoms with Crippen LogP contribution in [0.1, 0.15) is 13.8 Å². The summed E-state index contributed by atoms with van der Waals surface area (Å²) in [7, 11) is 0. The molecule has 0 radical (unpaired) electrons. The van der Waals surface area contributed by atoms with Crippen LogP contribution in [-0.2, 0) is 0 Å². The summed E-state index contributed by atoms with van der Waals surface area (Å²) in [4.78, 5) is 0. The van der Waals surface area contributed by atoms with Crippen LogP contribution in [0.2, 0.25) is 0 Å². The summed E-state index contributed by atoms with van der Waals surface area (Å²) in [6, 6.07) is 0. The van der Waals surface area contributed by atoms with Gasteiger partial charge in [0.05, 0.1) is 5.70 Å². The Hall–Kier alpha value is -1.12. The molecule has 0 saturated carbocycles. The molecule has 0 aromatic heterocycles. The van der Waals surface area contributed by atoms with Gasteiger partial charge in [-0.3, -0.25) is 0 Å². The molecule has 0 aromatic carbocycles. The minimum Gasteiger partial charge on any atom is -0.493 e. The summed E-state index contributed by atoms with van der Waals surface area (Å²) in [6.07, 6.45) is 1.71. The van der Waals surface area contributed by atoms with E-state index in [1.165, 1.54) is 0 Å². The van der Waals surface area contributed by atoms with Gasteiger partial charge in [-0.2, -0.15) is 0 Å². The van der Waals surface area contributed by atoms with Crippen LogP contribution in [-0.4, -0.2) is 5.11 Å². The molecule has 50 valence electrons. The Morgan fingerprint density at radius 1 is 1.44 bits per heavy atom. The second-order valence-electron chi connectivity index (χ2n) is 2.07. The maximum Gasteiger partial charge on any atom is 0.208 e. The number of rotatable bonds is 0. The third kappa shape index (κ3) is 1.16. The molecule has 0 amide bonds. The van der Waals surface area contributed by atoms with Crippen LogP contribution in [0.3, 0.4) is 0 Å². The molecular formula is C6H10N2O. The van der Waals surface area contributed by atoms with Crippen LogP contribution in [0, 0.1) is 0 Å². The van der Waals surface area contributed by atoms with Gasteiger partial charge in [-0.15, -0.1) is 0 Å². The number of aliphatic hydroxyl groups excluding tert-OH is 1. The Morgan fingerprint density at radius 3 is 2.56 bits per heavy atom. The minimum atomic E-state index is 0.195. The zero-order chi connectivity index (χ0) is 6.85. The van der Waals surface area contributed by atoms with Crippen LogP contribution in [0.15, 0.2) is 23.5 Å². The van der Waals surface area contributed by atoms with Crippen LogP contribution >= 0.6 is 0 Å². The van der Waals surface area contributed by atoms with Crippen molar-refractivity contribution in [2.45, 2.75) is 13.8 Å². The number of aliphatic hydroxyl groups is 1. The monoisotopic (exact) mass is 126 g/mol. The van der Waals surface area contributed by atoms with Gasteiger partial charge in [-0.05, 0) is 13.8 Å². The van der Waals surface area contributed by atoms with Crippen molar-refractivity contribution in [2.75, 3.05) is 0 Å². The fourth-order valence-electron chi connectivity index (χ4n) is 0.676. The van der Waals surface area contributed by atoms with Gasteiger partial charge in [0, 0.05) is 11.9 Å². The molecule has 0 spiro atoms. The average molecular weight is 126 g/mol. The van der Waals surface area contributed by atoms with Gasteiger partial charge < -0.3 is 15.7 Å². The Balaban J connectivity index is 2.70. The highest BCUT2D eigenvalue weighted by molar-refractivity contribution is 5.16. The van der Waals surface area contributed by atoms with Crippen LogP contribution < -0.4 is 10.6 Å². The maximum absolute atomic E-state index is 8.96. The number of hydrogen-bond acceptors (Lipinski definition) is 3. The first-order chi connectivity index (χ1) is 4.20. The Labute approximate surface area is 54.1 Å². The highest BCUT2D eigenvalue weighted by atomic mass is 16.3. The third-order valence-electron chi connectivity index (χ3n) is 1.17. The predicted molar refractivity (Wildman–Crippen MR) is 35.4 cm³/mol. The molecular weight excluding hydrogens is 116 g/mol. The first-order valence-electron chi connectivity index (χ1n) is 2.80. The number of hydrogen-bond donors (Lipinski definition) is 3. The number of nitrogens with one attached hydrogen (secondary N) is 2. The van der Waals surface area contributed by atoms with E-state index in [0.29, 0.717) is 0 Å². The van der Waals surface area contributed by atoms with Crippen molar-refractivity contribution in [1.82, 2.24) is 10.6 Å². The van der Waals surface area contributed by atoms with Gasteiger partial charge >= 0.3 is 0 Å². The minimum absolute atomic E-state index is 0.195. The fourth-order valence-corrected chi connectivity index (χ4v) is 0.676. The molecule has 0 unspecified atom stereocenters. The largest absolute Gasteiger partial charge is 0.493 e. The van der Waals surface area contributed by atoms with Crippen LogP contribution in [0.25, 0.3) is 0 Å². The van der Waals surface area contributed by atoms with Gasteiger partial charge in [0.15, 0.2) is 0 Å². The van der Waals surface area contributed by atoms with Crippen molar-refractivity contribution >= 4 is 0 Å². The van der Waals surface area contributed by atoms with E-state index < -0.39 is 0 Å². The smallest absolute Gasteiger partial charge is 0.208 e. The van der Waals surface area contributed by atoms with Gasteiger partial charge in [-0.1, -0.05) is 0 Å². The molecule has 3 N–H and O–H groups in total. The summed E-state index contributed by atoms with van der Waals surface area (Å²) in [5.41, 5.74) is 1.76. The van der Waals surface area contributed by atoms with Crippen molar-refractivity contribution in [2.24, 2.45) is 0 Å². The van der Waals surface area contributed by atoms with Crippen molar-refractivity contribution in [1.29, 1.82) is 0 Å². The highest BCUT2D eigenvalue weighted by Crippen LogP contribution is 2.01. The van der Waals surface area contributed by atoms with E-state index in [4.69, 9.17) is 5.11 Å². The lowest BCUT2D eigenvalue weighted by Crippen LogP contribution is -2.23. The molecule has 1 aliphatic rings. The highest BCUT2D eigenvalue weighted by Gasteiger charge is 2.02. The lowest BCUT2D eigenvalue weighted by molar-refractivity contribution is 0.365. The summed E-state index contributed by atoms with van der Waals surface area (Å²) in [5, 5.41) is 14.6. The standard InChI is InChI=1S/C6H10N2O/c1-4-3-7-6(9)5(2)8-4/h3,7-9H,1-2H3. The van der Waals surface area contributed by atoms with Gasteiger partial charge in [0.1, 0.15) is 0 Å². The van der Waals surface area contributed by atoms with Gasteiger partial charge in [-0.25, -0.2) is 0 Å². The van der Waals surface area contributed by atoms with Crippen LogP contribution in [0.5, 0.6) is 0 Å². The van der Waals surface area contributed by atoms with Crippen molar-refractivity contribution in [3.05, 3.63) is 23.5 Å². The van der Waals surface area contributed by atoms with Crippen molar-refractivity contribution < 1.29 is 5.11 Å². The lowest BCUT2D eigenvalue weighted by Gasteiger charge is -2.14. The predicted octanol–water partition coefficient (Wildman–Crippen LogP) is 0.788. The fraction of sp³-hybridized carbons (Fsp3) is 0.333. The molecule has 1 heterocycles. The Morgan fingerprint density at radius 2 is 2.11 bits per heavy atom. The molecule has 1 aliphatic heterocycles. The second-order valence-corrected chi connectivity index (χ2v) is 2.07. The van der Waals surface area contributed by atoms with E-state index in [2.05, 4.69) is 10.6 Å². The second kappa shape index (κ2) is 2.01. The Bertz CT molecular complexity index is 181. The van der Waals surface area contributed by atoms with Gasteiger partial charge in [0.2, 0.25) is 5.88 Å². The molecule has 9 heavy (non-hydrogen) atoms. The molecule has 3 nitrogen and oxygen atoms in total. The SMILES string of the molecule is CC1=CNC(O)=C(C)N1. The molecule has 0 atom stereocenters. The lowest BCUT2D eigenvalue weighted by atomic mass is 10.4. The number of allylic oxidation sites excluding steroid dienone is 2. The van der Waals surface area contributed by atoms with E-state index in [1.807, 2.05) is 6.92 Å². The summed E-state index contributed by atoms with van der Waals surface area (Å²) in [6.45, 7) is 3.72. The molecule has 3 heteroatoms. The molecule has 1 rings (SSSR count). The first kappa shape index (κ1) is 6.01. The summed E-state index contributed by atoms with van der Waals surface area (Å²) >= 11 is 0. The maximum atomic E-state index is 8.96. The van der Waals surface area contributed by atoms with Crippen molar-refractivity contribution in [3.8, 4) is 0 Å². The topological polar surface area (TPSA) is 44.3 Å². The Kier molecular flexibility index (Phi) is 1.34. The van der Waals surface area contributed by atoms with E-state index >= 15 is 0 Å². The van der Waals surface area contributed by atoms with E-state index in [9.17, 15) is 0 Å². The third-order valence-corrected chi connectivity index (χ3v) is 1.17. The molecule has 0 fully saturated rings. The van der Waals surface area contributed by atoms with E-state index in [-0.39, 0.29) is 5.88 Å². The van der Waals surface area contributed by atoms with Crippen molar-refractivity contribution in [3.63, 3.8) is 0 Å². The van der Waals surface area contributed by atoms with Gasteiger partial charge in [0.25, 0.3) is 0 Å².